The summed E-state index contributed by atoms with van der Waals surface area (Å²) in [4.78, 5) is 13.3. The summed E-state index contributed by atoms with van der Waals surface area (Å²) in [6, 6.07) is -0.878. The van der Waals surface area contributed by atoms with Gasteiger partial charge in [0, 0.05) is 6.42 Å². The van der Waals surface area contributed by atoms with Gasteiger partial charge in [-0.3, -0.25) is 4.79 Å². The minimum atomic E-state index is -1.97. The lowest BCUT2D eigenvalue weighted by Crippen LogP contribution is -2.66. The summed E-state index contributed by atoms with van der Waals surface area (Å²) < 4.78 is 34.3. The number of hydrogen-bond donors (Lipinski definition) is 12. The van der Waals surface area contributed by atoms with Gasteiger partial charge in [0.05, 0.1) is 38.6 Å². The van der Waals surface area contributed by atoms with E-state index in [1.54, 1.807) is 0 Å². The second kappa shape index (κ2) is 39.2. The molecule has 3 rings (SSSR count). The largest absolute Gasteiger partial charge is 0.394 e. The molecule has 3 fully saturated rings. The molecule has 3 aliphatic rings. The molecule has 73 heavy (non-hydrogen) atoms. The van der Waals surface area contributed by atoms with Crippen LogP contribution in [-0.2, 0) is 33.2 Å². The molecule has 0 aromatic heterocycles. The number of ether oxygens (including phenoxy) is 6. The van der Waals surface area contributed by atoms with Crippen LogP contribution in [0.15, 0.2) is 0 Å². The number of aliphatic hydroxyl groups is 11. The molecule has 0 saturated carbocycles. The minimum absolute atomic E-state index is 0.241. The quantitative estimate of drug-likeness (QED) is 0.0384. The van der Waals surface area contributed by atoms with E-state index in [2.05, 4.69) is 19.2 Å². The Morgan fingerprint density at radius 3 is 1.19 bits per heavy atom. The number of unbranched alkanes of at least 4 members (excludes halogenated alkanes) is 26. The molecular formula is C54H103NO18. The van der Waals surface area contributed by atoms with Crippen molar-refractivity contribution >= 4 is 5.91 Å². The molecule has 3 saturated heterocycles. The van der Waals surface area contributed by atoms with Crippen molar-refractivity contribution in [3.8, 4) is 0 Å². The molecular weight excluding hydrogens is 951 g/mol. The van der Waals surface area contributed by atoms with Gasteiger partial charge in [-0.15, -0.1) is 0 Å². The Balaban J connectivity index is 1.52. The fraction of sp³-hybridized carbons (Fsp3) is 0.981. The summed E-state index contributed by atoms with van der Waals surface area (Å²) in [5.41, 5.74) is 0. The normalized spacial score (nSPS) is 31.7. The molecule has 19 nitrogen and oxygen atoms in total. The molecule has 3 heterocycles. The maximum absolute atomic E-state index is 13.3. The predicted octanol–water partition coefficient (Wildman–Crippen LogP) is 4.04. The van der Waals surface area contributed by atoms with Crippen LogP contribution >= 0.6 is 0 Å². The number of aliphatic hydroxyl groups excluding tert-OH is 11. The Bertz CT molecular complexity index is 1350. The minimum Gasteiger partial charge on any atom is -0.394 e. The lowest BCUT2D eigenvalue weighted by atomic mass is 9.96. The van der Waals surface area contributed by atoms with Crippen molar-refractivity contribution in [2.24, 2.45) is 0 Å². The van der Waals surface area contributed by atoms with Gasteiger partial charge in [0.15, 0.2) is 18.9 Å². The zero-order valence-corrected chi connectivity index (χ0v) is 44.6. The van der Waals surface area contributed by atoms with Gasteiger partial charge in [-0.2, -0.15) is 0 Å². The highest BCUT2D eigenvalue weighted by molar-refractivity contribution is 5.76. The van der Waals surface area contributed by atoms with E-state index in [4.69, 9.17) is 28.4 Å². The molecule has 0 aliphatic carbocycles. The monoisotopic (exact) mass is 1050 g/mol. The summed E-state index contributed by atoms with van der Waals surface area (Å²) in [5.74, 6) is -0.241. The lowest BCUT2D eigenvalue weighted by Gasteiger charge is -2.48. The van der Waals surface area contributed by atoms with Gasteiger partial charge in [0.25, 0.3) is 0 Å². The van der Waals surface area contributed by atoms with E-state index in [1.807, 2.05) is 0 Å². The second-order valence-electron chi connectivity index (χ2n) is 21.1. The predicted molar refractivity (Wildman–Crippen MR) is 273 cm³/mol. The lowest BCUT2D eigenvalue weighted by molar-refractivity contribution is -0.379. The molecule has 12 N–H and O–H groups in total. The molecule has 3 aliphatic heterocycles. The Morgan fingerprint density at radius 1 is 0.438 bits per heavy atom. The molecule has 0 bridgehead atoms. The van der Waals surface area contributed by atoms with Crippen molar-refractivity contribution in [3.63, 3.8) is 0 Å². The number of amides is 1. The summed E-state index contributed by atoms with van der Waals surface area (Å²) in [5, 5.41) is 120. The van der Waals surface area contributed by atoms with E-state index in [0.717, 1.165) is 44.9 Å². The molecule has 17 atom stereocenters. The van der Waals surface area contributed by atoms with Crippen molar-refractivity contribution in [1.29, 1.82) is 0 Å². The molecule has 0 radical (unpaired) electrons. The van der Waals surface area contributed by atoms with Gasteiger partial charge in [-0.1, -0.05) is 187 Å². The SMILES string of the molecule is CCCCCCCCCCCCCCCCCC(O)C(COC1OC(CO)C(OC2OC(CO)C(OC3OC(CO)C(O)C(O)C3O)C(O)C2O)C(O)C1O)NC(=O)CCCCCCCCCCCCCCC. The van der Waals surface area contributed by atoms with Crippen LogP contribution < -0.4 is 5.32 Å². The van der Waals surface area contributed by atoms with Crippen LogP contribution in [0.1, 0.15) is 206 Å². The average molecular weight is 1050 g/mol. The first-order chi connectivity index (χ1) is 35.3. The summed E-state index contributed by atoms with van der Waals surface area (Å²) in [6.07, 6.45) is 7.61. The standard InChI is InChI=1S/C54H103NO18/c1-3-5-7-9-11-13-15-17-18-20-21-23-25-27-29-31-38(59)37(55-42(60)32-30-28-26-24-22-19-16-14-12-10-8-6-4-2)36-68-52-48(66)45(63)50(40(34-57)70-52)73-54-49(67)46(64)51(41(35-58)71-54)72-53-47(65)44(62)43(61)39(33-56)69-53/h37-41,43-54,56-59,61-67H,3-36H2,1-2H3,(H,55,60). The first-order valence-electron chi connectivity index (χ1n) is 28.8. The van der Waals surface area contributed by atoms with Crippen LogP contribution in [0.2, 0.25) is 0 Å². The van der Waals surface area contributed by atoms with Crippen molar-refractivity contribution in [2.45, 2.75) is 311 Å². The zero-order valence-electron chi connectivity index (χ0n) is 44.6. The molecule has 0 spiro atoms. The highest BCUT2D eigenvalue weighted by Gasteiger charge is 2.53. The maximum atomic E-state index is 13.3. The first kappa shape index (κ1) is 66.1. The van der Waals surface area contributed by atoms with E-state index >= 15 is 0 Å². The van der Waals surface area contributed by atoms with E-state index in [-0.39, 0.29) is 18.9 Å². The van der Waals surface area contributed by atoms with Gasteiger partial charge in [-0.05, 0) is 12.8 Å². The Hall–Kier alpha value is -1.21. The number of hydrogen-bond acceptors (Lipinski definition) is 18. The molecule has 432 valence electrons. The fourth-order valence-corrected chi connectivity index (χ4v) is 10.1. The fourth-order valence-electron chi connectivity index (χ4n) is 10.1. The van der Waals surface area contributed by atoms with Gasteiger partial charge >= 0.3 is 0 Å². The third kappa shape index (κ3) is 24.1. The van der Waals surface area contributed by atoms with Gasteiger partial charge in [0.1, 0.15) is 73.2 Å². The van der Waals surface area contributed by atoms with E-state index in [0.29, 0.717) is 12.8 Å². The third-order valence-corrected chi connectivity index (χ3v) is 14.9. The van der Waals surface area contributed by atoms with Crippen LogP contribution in [0.4, 0.5) is 0 Å². The maximum Gasteiger partial charge on any atom is 0.220 e. The molecule has 0 aromatic carbocycles. The van der Waals surface area contributed by atoms with Crippen molar-refractivity contribution in [1.82, 2.24) is 5.32 Å². The van der Waals surface area contributed by atoms with Crippen LogP contribution in [0.5, 0.6) is 0 Å². The number of carbonyl (C=O) groups is 1. The number of rotatable bonds is 42. The molecule has 1 amide bonds. The topological polar surface area (TPSA) is 307 Å². The summed E-state index contributed by atoms with van der Waals surface area (Å²) in [7, 11) is 0. The van der Waals surface area contributed by atoms with Crippen LogP contribution in [0, 0.1) is 0 Å². The highest BCUT2D eigenvalue weighted by atomic mass is 16.8. The zero-order chi connectivity index (χ0) is 53.4. The Labute approximate surface area is 436 Å². The van der Waals surface area contributed by atoms with E-state index in [1.165, 1.54) is 128 Å². The number of nitrogens with one attached hydrogen (secondary N) is 1. The van der Waals surface area contributed by atoms with Crippen molar-refractivity contribution < 1.29 is 89.4 Å². The van der Waals surface area contributed by atoms with Crippen LogP contribution in [0.3, 0.4) is 0 Å². The third-order valence-electron chi connectivity index (χ3n) is 14.9. The van der Waals surface area contributed by atoms with E-state index < -0.39 is 124 Å². The molecule has 19 heteroatoms. The van der Waals surface area contributed by atoms with Crippen LogP contribution in [0.25, 0.3) is 0 Å². The van der Waals surface area contributed by atoms with Crippen LogP contribution in [-0.4, -0.2) is 193 Å². The van der Waals surface area contributed by atoms with Crippen molar-refractivity contribution in [3.05, 3.63) is 0 Å². The Kier molecular flexibility index (Phi) is 35.5. The number of carbonyl (C=O) groups excluding carboxylic acids is 1. The average Bonchev–Trinajstić information content (AvgIpc) is 3.39. The molecule has 17 unspecified atom stereocenters. The van der Waals surface area contributed by atoms with Gasteiger partial charge < -0.3 is 89.9 Å². The van der Waals surface area contributed by atoms with Gasteiger partial charge in [-0.25, -0.2) is 0 Å². The second-order valence-corrected chi connectivity index (χ2v) is 21.1. The smallest absolute Gasteiger partial charge is 0.220 e. The summed E-state index contributed by atoms with van der Waals surface area (Å²) in [6.45, 7) is 1.78. The summed E-state index contributed by atoms with van der Waals surface area (Å²) >= 11 is 0. The highest BCUT2D eigenvalue weighted by Crippen LogP contribution is 2.33. The van der Waals surface area contributed by atoms with Crippen molar-refractivity contribution in [2.75, 3.05) is 26.4 Å². The Morgan fingerprint density at radius 2 is 0.781 bits per heavy atom. The van der Waals surface area contributed by atoms with E-state index in [9.17, 15) is 61.0 Å². The first-order valence-corrected chi connectivity index (χ1v) is 28.8. The van der Waals surface area contributed by atoms with Gasteiger partial charge in [0.2, 0.25) is 5.91 Å². The molecule has 0 aromatic rings.